The standard InChI is InChI=1S/C36H37FN6O17/c1-6-54-32(46)16-11-19(50-2)26-28(57-14-55-26)23(16)24-17(12-20(51-3)27-29(24)58-15-56-27)33(47)59-30-25(37)31(60-36(30,13-44)41-42-38)43-10-9-21(40-35(43)49)39-18(34(48)53-5)7-8-22(45)52-4/h9-12,18,25,30-31,44H,6-8,13-15H2,1-5H3,(H,39,40,49)/t18-,25-,30-,31+,36+/m0/s1. The molecule has 1 fully saturated rings. The topological polar surface area (TPSA) is 286 Å². The summed E-state index contributed by atoms with van der Waals surface area (Å²) in [4.78, 5) is 71.9. The van der Waals surface area contributed by atoms with Gasteiger partial charge in [-0.25, -0.2) is 23.6 Å². The number of aliphatic hydroxyl groups excluding tert-OH is 1. The van der Waals surface area contributed by atoms with Gasteiger partial charge in [0, 0.05) is 28.7 Å². The summed E-state index contributed by atoms with van der Waals surface area (Å²) in [7, 11) is 4.86. The van der Waals surface area contributed by atoms with Crippen molar-refractivity contribution in [2.75, 3.05) is 60.6 Å². The monoisotopic (exact) mass is 844 g/mol. The van der Waals surface area contributed by atoms with Crippen LogP contribution in [0.2, 0.25) is 0 Å². The van der Waals surface area contributed by atoms with Crippen LogP contribution in [0.5, 0.6) is 34.5 Å². The number of aromatic nitrogens is 2. The Balaban J connectivity index is 1.41. The van der Waals surface area contributed by atoms with Crippen LogP contribution in [-0.2, 0) is 33.3 Å². The van der Waals surface area contributed by atoms with Gasteiger partial charge in [0.15, 0.2) is 41.5 Å². The maximum Gasteiger partial charge on any atom is 0.351 e. The summed E-state index contributed by atoms with van der Waals surface area (Å²) in [5.74, 6) is -4.01. The highest BCUT2D eigenvalue weighted by Gasteiger charge is 2.59. The molecule has 0 saturated carbocycles. The average molecular weight is 845 g/mol. The molecule has 3 aromatic rings. The highest BCUT2D eigenvalue weighted by molar-refractivity contribution is 6.09. The third-order valence-corrected chi connectivity index (χ3v) is 9.40. The van der Waals surface area contributed by atoms with Gasteiger partial charge in [0.1, 0.15) is 11.9 Å². The maximum atomic E-state index is 16.8. The fourth-order valence-electron chi connectivity index (χ4n) is 6.63. The predicted octanol–water partition coefficient (Wildman–Crippen LogP) is 2.56. The lowest BCUT2D eigenvalue weighted by Crippen LogP contribution is -2.46. The Labute approximate surface area is 337 Å². The quantitative estimate of drug-likeness (QED) is 0.0688. The number of carbonyl (C=O) groups is 4. The molecule has 1 saturated heterocycles. The molecule has 3 aliphatic heterocycles. The summed E-state index contributed by atoms with van der Waals surface area (Å²) in [5.41, 5.74) is 4.73. The number of benzene rings is 2. The smallest absolute Gasteiger partial charge is 0.351 e. The largest absolute Gasteiger partial charge is 0.493 e. The maximum absolute atomic E-state index is 16.8. The number of hydrogen-bond acceptors (Lipinski definition) is 20. The van der Waals surface area contributed by atoms with Gasteiger partial charge in [-0.1, -0.05) is 5.11 Å². The highest BCUT2D eigenvalue weighted by atomic mass is 19.1. The fourth-order valence-corrected chi connectivity index (χ4v) is 6.63. The summed E-state index contributed by atoms with van der Waals surface area (Å²) >= 11 is 0. The van der Waals surface area contributed by atoms with Crippen LogP contribution in [0.25, 0.3) is 21.6 Å². The molecule has 3 aliphatic rings. The van der Waals surface area contributed by atoms with Crippen molar-refractivity contribution in [2.45, 2.75) is 50.0 Å². The third kappa shape index (κ3) is 7.77. The lowest BCUT2D eigenvalue weighted by atomic mass is 9.91. The zero-order valence-electron chi connectivity index (χ0n) is 32.5. The fraction of sp³-hybridized carbons (Fsp3) is 0.444. The van der Waals surface area contributed by atoms with Crippen molar-refractivity contribution in [1.82, 2.24) is 9.55 Å². The van der Waals surface area contributed by atoms with Crippen LogP contribution in [0.4, 0.5) is 10.2 Å². The molecule has 320 valence electrons. The van der Waals surface area contributed by atoms with Crippen LogP contribution >= 0.6 is 0 Å². The Morgan fingerprint density at radius 2 is 1.60 bits per heavy atom. The first-order valence-electron chi connectivity index (χ1n) is 17.8. The van der Waals surface area contributed by atoms with E-state index in [2.05, 4.69) is 25.1 Å². The third-order valence-electron chi connectivity index (χ3n) is 9.40. The summed E-state index contributed by atoms with van der Waals surface area (Å²) < 4.78 is 77.2. The van der Waals surface area contributed by atoms with E-state index in [4.69, 9.17) is 47.4 Å². The Morgan fingerprint density at radius 3 is 2.12 bits per heavy atom. The Kier molecular flexibility index (Phi) is 12.7. The molecule has 0 aliphatic carbocycles. The van der Waals surface area contributed by atoms with E-state index < -0.39 is 72.0 Å². The number of hydrogen-bond donors (Lipinski definition) is 2. The molecule has 1 aromatic heterocycles. The van der Waals surface area contributed by atoms with Crippen molar-refractivity contribution in [1.29, 1.82) is 0 Å². The molecule has 0 unspecified atom stereocenters. The molecule has 2 aromatic carbocycles. The van der Waals surface area contributed by atoms with E-state index in [-0.39, 0.29) is 90.0 Å². The van der Waals surface area contributed by atoms with E-state index in [0.717, 1.165) is 25.4 Å². The predicted molar refractivity (Wildman–Crippen MR) is 196 cm³/mol. The molecule has 4 heterocycles. The number of nitrogens with one attached hydrogen (secondary N) is 1. The zero-order chi connectivity index (χ0) is 43.3. The van der Waals surface area contributed by atoms with Gasteiger partial charge >= 0.3 is 29.6 Å². The Bertz CT molecular complexity index is 2300. The van der Waals surface area contributed by atoms with Gasteiger partial charge in [0.2, 0.25) is 30.8 Å². The van der Waals surface area contributed by atoms with Gasteiger partial charge in [0.05, 0.1) is 52.8 Å². The number of azide groups is 1. The molecule has 6 rings (SSSR count). The van der Waals surface area contributed by atoms with Crippen LogP contribution in [0.15, 0.2) is 34.3 Å². The molecule has 2 N–H and O–H groups in total. The SMILES string of the molecule is CCOC(=O)c1cc(OC)c2c(c1-c1c(C(=O)O[C@H]3[C@H](F)[C@H](n4ccc(N[C@@H](CCC(=O)OC)C(=O)OC)nc4=O)O[C@@]3(CO)N=[N+]=[N-])cc(OC)c3c1OCO3)OCO2. The summed E-state index contributed by atoms with van der Waals surface area (Å²) in [6.07, 6.45) is -6.15. The Hall–Kier alpha value is -7.04. The van der Waals surface area contributed by atoms with Crippen LogP contribution in [0.1, 0.15) is 46.7 Å². The average Bonchev–Trinajstić information content (AvgIpc) is 4.01. The van der Waals surface area contributed by atoms with Gasteiger partial charge in [0.25, 0.3) is 0 Å². The summed E-state index contributed by atoms with van der Waals surface area (Å²) in [6, 6.07) is 2.44. The minimum atomic E-state index is -2.68. The number of ether oxygens (including phenoxy) is 11. The lowest BCUT2D eigenvalue weighted by molar-refractivity contribution is -0.143. The van der Waals surface area contributed by atoms with Crippen LogP contribution < -0.4 is 39.4 Å². The normalized spacial score (nSPS) is 20.0. The lowest BCUT2D eigenvalue weighted by Gasteiger charge is -2.27. The molecule has 0 spiro atoms. The number of carbonyl (C=O) groups excluding carboxylic acids is 4. The zero-order valence-corrected chi connectivity index (χ0v) is 32.5. The molecule has 0 radical (unpaired) electrons. The molecular formula is C36H37FN6O17. The van der Waals surface area contributed by atoms with Crippen molar-refractivity contribution in [3.05, 3.63) is 56.4 Å². The minimum Gasteiger partial charge on any atom is -0.493 e. The molecular weight excluding hydrogens is 807 g/mol. The second-order valence-corrected chi connectivity index (χ2v) is 12.7. The molecule has 23 nitrogen and oxygen atoms in total. The van der Waals surface area contributed by atoms with E-state index in [1.807, 2.05) is 0 Å². The van der Waals surface area contributed by atoms with Crippen LogP contribution in [0, 0.1) is 0 Å². The van der Waals surface area contributed by atoms with Crippen molar-refractivity contribution in [3.63, 3.8) is 0 Å². The van der Waals surface area contributed by atoms with E-state index in [1.54, 1.807) is 6.92 Å². The van der Waals surface area contributed by atoms with Crippen LogP contribution in [-0.4, -0.2) is 118 Å². The number of aliphatic hydroxyl groups is 1. The first kappa shape index (κ1) is 42.6. The minimum absolute atomic E-state index is 0.0000527. The molecule has 0 bridgehead atoms. The molecule has 5 atom stereocenters. The van der Waals surface area contributed by atoms with Crippen molar-refractivity contribution in [2.24, 2.45) is 5.11 Å². The number of methoxy groups -OCH3 is 4. The van der Waals surface area contributed by atoms with Crippen LogP contribution in [0.3, 0.4) is 0 Å². The van der Waals surface area contributed by atoms with E-state index in [9.17, 15) is 34.6 Å². The van der Waals surface area contributed by atoms with E-state index in [1.165, 1.54) is 27.4 Å². The summed E-state index contributed by atoms with van der Waals surface area (Å²) in [6.45, 7) is -0.458. The van der Waals surface area contributed by atoms with Crippen molar-refractivity contribution >= 4 is 29.7 Å². The van der Waals surface area contributed by atoms with Crippen molar-refractivity contribution < 1.29 is 80.8 Å². The van der Waals surface area contributed by atoms with Gasteiger partial charge in [-0.2, -0.15) is 4.98 Å². The number of esters is 4. The number of halogens is 1. The molecule has 60 heavy (non-hydrogen) atoms. The summed E-state index contributed by atoms with van der Waals surface area (Å²) in [5, 5.41) is 16.7. The number of alkyl halides is 1. The molecule has 0 amide bonds. The van der Waals surface area contributed by atoms with Gasteiger partial charge < -0.3 is 62.5 Å². The number of fused-ring (bicyclic) bond motifs is 2. The second-order valence-electron chi connectivity index (χ2n) is 12.7. The first-order valence-corrected chi connectivity index (χ1v) is 17.8. The first-order chi connectivity index (χ1) is 28.9. The Morgan fingerprint density at radius 1 is 1.00 bits per heavy atom. The molecule has 24 heteroatoms. The highest BCUT2D eigenvalue weighted by Crippen LogP contribution is 2.57. The number of anilines is 1. The van der Waals surface area contributed by atoms with E-state index >= 15 is 4.39 Å². The van der Waals surface area contributed by atoms with Gasteiger partial charge in [-0.15, -0.1) is 0 Å². The number of nitrogens with zero attached hydrogens (tertiary/aromatic N) is 5. The van der Waals surface area contributed by atoms with E-state index in [0.29, 0.717) is 4.57 Å². The van der Waals surface area contributed by atoms with Gasteiger partial charge in [-0.05, 0) is 37.1 Å². The van der Waals surface area contributed by atoms with Crippen molar-refractivity contribution in [3.8, 4) is 45.6 Å². The van der Waals surface area contributed by atoms with Gasteiger partial charge in [-0.3, -0.25) is 9.36 Å². The number of rotatable bonds is 16. The second kappa shape index (κ2) is 17.8.